The van der Waals surface area contributed by atoms with Gasteiger partial charge in [0.05, 0.1) is 6.54 Å². The lowest BCUT2D eigenvalue weighted by Crippen LogP contribution is -2.44. The summed E-state index contributed by atoms with van der Waals surface area (Å²) >= 11 is 3.40. The van der Waals surface area contributed by atoms with Gasteiger partial charge in [0.15, 0.2) is 0 Å². The fraction of sp³-hybridized carbons (Fsp3) is 0.500. The molecule has 3 nitrogen and oxygen atoms in total. The molecular formula is C14H18BrNO2. The Bertz CT molecular complexity index is 405. The minimum atomic E-state index is 0.121. The number of hydrogen-bond donors (Lipinski definition) is 0. The van der Waals surface area contributed by atoms with Crippen molar-refractivity contribution in [3.63, 3.8) is 0 Å². The van der Waals surface area contributed by atoms with Gasteiger partial charge in [0.1, 0.15) is 11.9 Å². The molecule has 1 aliphatic heterocycles. The van der Waals surface area contributed by atoms with E-state index >= 15 is 0 Å². The van der Waals surface area contributed by atoms with E-state index in [1.807, 2.05) is 36.1 Å². The number of carbonyl (C=O) groups is 1. The van der Waals surface area contributed by atoms with E-state index < -0.39 is 0 Å². The predicted molar refractivity (Wildman–Crippen MR) is 74.7 cm³/mol. The van der Waals surface area contributed by atoms with Crippen molar-refractivity contribution in [3.8, 4) is 5.75 Å². The zero-order valence-corrected chi connectivity index (χ0v) is 12.1. The number of rotatable bonds is 3. The van der Waals surface area contributed by atoms with Gasteiger partial charge in [0.2, 0.25) is 5.91 Å². The molecule has 1 atom stereocenters. The van der Waals surface area contributed by atoms with Gasteiger partial charge in [-0.05, 0) is 37.1 Å². The van der Waals surface area contributed by atoms with E-state index in [4.69, 9.17) is 4.74 Å². The third-order valence-corrected chi connectivity index (χ3v) is 3.68. The normalized spacial score (nSPS) is 19.7. The SMILES string of the molecule is CCC(=O)N1CCCC(Oc2ccc(Br)cc2)C1. The highest BCUT2D eigenvalue weighted by atomic mass is 79.9. The molecule has 18 heavy (non-hydrogen) atoms. The van der Waals surface area contributed by atoms with Crippen molar-refractivity contribution < 1.29 is 9.53 Å². The van der Waals surface area contributed by atoms with E-state index in [9.17, 15) is 4.79 Å². The molecule has 0 aliphatic carbocycles. The van der Waals surface area contributed by atoms with Crippen LogP contribution in [0.15, 0.2) is 28.7 Å². The highest BCUT2D eigenvalue weighted by Gasteiger charge is 2.23. The van der Waals surface area contributed by atoms with Crippen molar-refractivity contribution in [1.82, 2.24) is 4.90 Å². The van der Waals surface area contributed by atoms with Crippen LogP contribution in [0.5, 0.6) is 5.75 Å². The molecule has 1 fully saturated rings. The smallest absolute Gasteiger partial charge is 0.222 e. The number of amides is 1. The molecule has 0 saturated carbocycles. The molecule has 0 aromatic heterocycles. The summed E-state index contributed by atoms with van der Waals surface area (Å²) < 4.78 is 6.96. The summed E-state index contributed by atoms with van der Waals surface area (Å²) in [6.45, 7) is 3.48. The highest BCUT2D eigenvalue weighted by Crippen LogP contribution is 2.21. The minimum Gasteiger partial charge on any atom is -0.489 e. The van der Waals surface area contributed by atoms with Gasteiger partial charge >= 0.3 is 0 Å². The number of hydrogen-bond acceptors (Lipinski definition) is 2. The summed E-state index contributed by atoms with van der Waals surface area (Å²) in [5.74, 6) is 1.09. The number of benzene rings is 1. The standard InChI is InChI=1S/C14H18BrNO2/c1-2-14(17)16-9-3-4-13(10-16)18-12-7-5-11(15)6-8-12/h5-8,13H,2-4,9-10H2,1H3. The number of carbonyl (C=O) groups excluding carboxylic acids is 1. The van der Waals surface area contributed by atoms with Crippen LogP contribution in [-0.2, 0) is 4.79 Å². The first kappa shape index (κ1) is 13.4. The van der Waals surface area contributed by atoms with Gasteiger partial charge in [-0.1, -0.05) is 22.9 Å². The van der Waals surface area contributed by atoms with Crippen molar-refractivity contribution >= 4 is 21.8 Å². The van der Waals surface area contributed by atoms with Crippen LogP contribution < -0.4 is 4.74 Å². The van der Waals surface area contributed by atoms with Crippen molar-refractivity contribution in [2.24, 2.45) is 0 Å². The molecule has 98 valence electrons. The summed E-state index contributed by atoms with van der Waals surface area (Å²) in [5.41, 5.74) is 0. The van der Waals surface area contributed by atoms with Gasteiger partial charge in [0, 0.05) is 17.4 Å². The van der Waals surface area contributed by atoms with Gasteiger partial charge in [-0.25, -0.2) is 0 Å². The number of halogens is 1. The van der Waals surface area contributed by atoms with E-state index in [0.717, 1.165) is 29.6 Å². The van der Waals surface area contributed by atoms with Gasteiger partial charge in [-0.3, -0.25) is 4.79 Å². The van der Waals surface area contributed by atoms with Gasteiger partial charge in [-0.2, -0.15) is 0 Å². The minimum absolute atomic E-state index is 0.121. The number of piperidine rings is 1. The Balaban J connectivity index is 1.93. The maximum atomic E-state index is 11.7. The topological polar surface area (TPSA) is 29.5 Å². The van der Waals surface area contributed by atoms with Crippen molar-refractivity contribution in [2.75, 3.05) is 13.1 Å². The predicted octanol–water partition coefficient (Wildman–Crippen LogP) is 3.23. The van der Waals surface area contributed by atoms with Gasteiger partial charge < -0.3 is 9.64 Å². The van der Waals surface area contributed by atoms with Crippen LogP contribution in [0, 0.1) is 0 Å². The van der Waals surface area contributed by atoms with E-state index in [2.05, 4.69) is 15.9 Å². The molecule has 1 unspecified atom stereocenters. The molecule has 1 heterocycles. The Kier molecular flexibility index (Phi) is 4.64. The molecule has 1 amide bonds. The molecule has 0 N–H and O–H groups in total. The van der Waals surface area contributed by atoms with Crippen LogP contribution in [0.4, 0.5) is 0 Å². The van der Waals surface area contributed by atoms with Crippen molar-refractivity contribution in [3.05, 3.63) is 28.7 Å². The molecule has 0 radical (unpaired) electrons. The van der Waals surface area contributed by atoms with Crippen LogP contribution in [0.1, 0.15) is 26.2 Å². The quantitative estimate of drug-likeness (QED) is 0.857. The molecular weight excluding hydrogens is 294 g/mol. The zero-order valence-electron chi connectivity index (χ0n) is 10.6. The molecule has 1 saturated heterocycles. The summed E-state index contributed by atoms with van der Waals surface area (Å²) in [6.07, 6.45) is 2.73. The average Bonchev–Trinajstić information content (AvgIpc) is 2.41. The third-order valence-electron chi connectivity index (χ3n) is 3.15. The Morgan fingerprint density at radius 1 is 1.44 bits per heavy atom. The van der Waals surface area contributed by atoms with E-state index in [0.29, 0.717) is 13.0 Å². The Morgan fingerprint density at radius 2 is 2.17 bits per heavy atom. The first-order chi connectivity index (χ1) is 8.69. The lowest BCUT2D eigenvalue weighted by Gasteiger charge is -2.32. The van der Waals surface area contributed by atoms with Crippen LogP contribution in [0.3, 0.4) is 0 Å². The van der Waals surface area contributed by atoms with Crippen LogP contribution in [-0.4, -0.2) is 30.0 Å². The largest absolute Gasteiger partial charge is 0.489 e. The zero-order chi connectivity index (χ0) is 13.0. The third kappa shape index (κ3) is 3.48. The lowest BCUT2D eigenvalue weighted by molar-refractivity contribution is -0.133. The Morgan fingerprint density at radius 3 is 2.83 bits per heavy atom. The average molecular weight is 312 g/mol. The Labute approximate surface area is 116 Å². The molecule has 0 spiro atoms. The first-order valence-electron chi connectivity index (χ1n) is 6.39. The summed E-state index contributed by atoms with van der Waals surface area (Å²) in [4.78, 5) is 13.6. The van der Waals surface area contributed by atoms with E-state index in [1.165, 1.54) is 0 Å². The van der Waals surface area contributed by atoms with E-state index in [1.54, 1.807) is 0 Å². The van der Waals surface area contributed by atoms with Crippen LogP contribution in [0.2, 0.25) is 0 Å². The Hall–Kier alpha value is -1.03. The molecule has 1 aliphatic rings. The summed E-state index contributed by atoms with van der Waals surface area (Å²) in [5, 5.41) is 0. The molecule has 2 rings (SSSR count). The van der Waals surface area contributed by atoms with Crippen molar-refractivity contribution in [2.45, 2.75) is 32.3 Å². The van der Waals surface area contributed by atoms with E-state index in [-0.39, 0.29) is 12.0 Å². The molecule has 1 aromatic rings. The number of likely N-dealkylation sites (tertiary alicyclic amines) is 1. The summed E-state index contributed by atoms with van der Waals surface area (Å²) in [6, 6.07) is 7.83. The molecule has 1 aromatic carbocycles. The fourth-order valence-corrected chi connectivity index (χ4v) is 2.45. The molecule has 0 bridgehead atoms. The maximum absolute atomic E-state index is 11.7. The monoisotopic (exact) mass is 311 g/mol. The number of nitrogens with zero attached hydrogens (tertiary/aromatic N) is 1. The summed E-state index contributed by atoms with van der Waals surface area (Å²) in [7, 11) is 0. The highest BCUT2D eigenvalue weighted by molar-refractivity contribution is 9.10. The lowest BCUT2D eigenvalue weighted by atomic mass is 10.1. The molecule has 4 heteroatoms. The second-order valence-corrected chi connectivity index (χ2v) is 5.44. The van der Waals surface area contributed by atoms with Crippen LogP contribution >= 0.6 is 15.9 Å². The van der Waals surface area contributed by atoms with Gasteiger partial charge in [0.25, 0.3) is 0 Å². The first-order valence-corrected chi connectivity index (χ1v) is 7.18. The second-order valence-electron chi connectivity index (χ2n) is 4.53. The second kappa shape index (κ2) is 6.23. The van der Waals surface area contributed by atoms with Crippen molar-refractivity contribution in [1.29, 1.82) is 0 Å². The van der Waals surface area contributed by atoms with Gasteiger partial charge in [-0.15, -0.1) is 0 Å². The fourth-order valence-electron chi connectivity index (χ4n) is 2.19. The van der Waals surface area contributed by atoms with Crippen LogP contribution in [0.25, 0.3) is 0 Å². The maximum Gasteiger partial charge on any atom is 0.222 e. The number of ether oxygens (including phenoxy) is 1.